The lowest BCUT2D eigenvalue weighted by molar-refractivity contribution is -0.605. The number of aromatic nitrogens is 1. The van der Waals surface area contributed by atoms with Gasteiger partial charge in [-0.25, -0.2) is 0 Å². The normalized spacial score (nSPS) is 15.3. The van der Waals surface area contributed by atoms with Gasteiger partial charge in [0.25, 0.3) is 5.91 Å². The number of piperazine rings is 1. The average molecular weight is 326 g/mol. The van der Waals surface area contributed by atoms with Gasteiger partial charge in [-0.3, -0.25) is 4.79 Å². The van der Waals surface area contributed by atoms with Crippen LogP contribution in [-0.2, 0) is 0 Å². The number of likely N-dealkylation sites (N-methyl/N-ethyl adjacent to an activating group) is 1. The minimum atomic E-state index is -0.217. The third kappa shape index (κ3) is 3.65. The topological polar surface area (TPSA) is 62.5 Å². The van der Waals surface area contributed by atoms with E-state index in [1.165, 1.54) is 30.2 Å². The molecule has 1 aliphatic rings. The Balaban J connectivity index is 1.70. The fraction of sp³-hybridized carbons (Fsp3) is 0.333. The summed E-state index contributed by atoms with van der Waals surface area (Å²) in [6.45, 7) is 6.14. The maximum absolute atomic E-state index is 12.3. The molecular formula is C18H22N4O2. The molecule has 126 valence electrons. The van der Waals surface area contributed by atoms with Gasteiger partial charge in [0.1, 0.15) is 0 Å². The van der Waals surface area contributed by atoms with Gasteiger partial charge in [-0.15, -0.1) is 0 Å². The van der Waals surface area contributed by atoms with Crippen LogP contribution in [0.2, 0.25) is 0 Å². The number of carbonyl (C=O) groups is 1. The van der Waals surface area contributed by atoms with Crippen molar-refractivity contribution in [3.05, 3.63) is 59.1 Å². The Bertz CT molecular complexity index is 722. The van der Waals surface area contributed by atoms with E-state index in [1.807, 2.05) is 19.1 Å². The number of pyridine rings is 1. The lowest BCUT2D eigenvalue weighted by Gasteiger charge is -2.34. The van der Waals surface area contributed by atoms with Crippen molar-refractivity contribution in [3.63, 3.8) is 0 Å². The van der Waals surface area contributed by atoms with Gasteiger partial charge in [-0.05, 0) is 37.7 Å². The number of nitrogens with zero attached hydrogens (tertiary/aromatic N) is 3. The molecule has 0 atom stereocenters. The molecule has 3 rings (SSSR count). The first kappa shape index (κ1) is 16.3. The van der Waals surface area contributed by atoms with Gasteiger partial charge in [-0.1, -0.05) is 0 Å². The first-order chi connectivity index (χ1) is 11.5. The Hall–Kier alpha value is -2.60. The molecule has 0 unspecified atom stereocenters. The molecule has 6 nitrogen and oxygen atoms in total. The van der Waals surface area contributed by atoms with E-state index in [-0.39, 0.29) is 5.91 Å². The van der Waals surface area contributed by atoms with Gasteiger partial charge < -0.3 is 20.3 Å². The molecule has 0 spiro atoms. The summed E-state index contributed by atoms with van der Waals surface area (Å²) in [5.41, 5.74) is 3.46. The van der Waals surface area contributed by atoms with Crippen LogP contribution < -0.4 is 14.9 Å². The Kier molecular flexibility index (Phi) is 4.66. The second kappa shape index (κ2) is 6.88. The Morgan fingerprint density at radius 2 is 1.79 bits per heavy atom. The summed E-state index contributed by atoms with van der Waals surface area (Å²) in [7, 11) is 2.14. The molecule has 6 heteroatoms. The molecular weight excluding hydrogens is 304 g/mol. The highest BCUT2D eigenvalue weighted by molar-refractivity contribution is 6.04. The molecule has 1 N–H and O–H groups in total. The van der Waals surface area contributed by atoms with E-state index >= 15 is 0 Å². The summed E-state index contributed by atoms with van der Waals surface area (Å²) < 4.78 is 0.660. The maximum atomic E-state index is 12.3. The predicted molar refractivity (Wildman–Crippen MR) is 94.2 cm³/mol. The van der Waals surface area contributed by atoms with Crippen molar-refractivity contribution in [1.82, 2.24) is 4.90 Å². The number of aryl methyl sites for hydroxylation is 1. The van der Waals surface area contributed by atoms with Gasteiger partial charge in [0.05, 0.1) is 5.56 Å². The van der Waals surface area contributed by atoms with Crippen LogP contribution in [0.4, 0.5) is 11.4 Å². The molecule has 1 fully saturated rings. The number of carbonyl (C=O) groups excluding carboxylic acids is 1. The number of amides is 1. The minimum Gasteiger partial charge on any atom is -0.619 e. The third-order valence-corrected chi connectivity index (χ3v) is 4.39. The fourth-order valence-corrected chi connectivity index (χ4v) is 2.81. The standard InChI is InChI=1S/C18H22N4O2/c1-14-13-16(21-11-9-20(2)10-12-21)3-4-17(14)19-18(23)15-5-7-22(24)8-6-15/h3-8,13H,9-12H2,1-2H3,(H,19,23). The monoisotopic (exact) mass is 326 g/mol. The fourth-order valence-electron chi connectivity index (χ4n) is 2.81. The van der Waals surface area contributed by atoms with Crippen molar-refractivity contribution in [3.8, 4) is 0 Å². The number of hydrogen-bond donors (Lipinski definition) is 1. The van der Waals surface area contributed by atoms with E-state index in [0.717, 1.165) is 37.4 Å². The third-order valence-electron chi connectivity index (χ3n) is 4.39. The number of rotatable bonds is 3. The largest absolute Gasteiger partial charge is 0.619 e. The zero-order valence-corrected chi connectivity index (χ0v) is 14.0. The van der Waals surface area contributed by atoms with Gasteiger partial charge >= 0.3 is 0 Å². The van der Waals surface area contributed by atoms with E-state index in [9.17, 15) is 10.0 Å². The molecule has 2 aromatic rings. The van der Waals surface area contributed by atoms with E-state index in [0.29, 0.717) is 10.3 Å². The predicted octanol–water partition coefficient (Wildman–Crippen LogP) is 1.63. The van der Waals surface area contributed by atoms with Crippen molar-refractivity contribution < 1.29 is 9.52 Å². The second-order valence-corrected chi connectivity index (χ2v) is 6.19. The van der Waals surface area contributed by atoms with E-state index in [2.05, 4.69) is 28.2 Å². The van der Waals surface area contributed by atoms with E-state index in [4.69, 9.17) is 0 Å². The van der Waals surface area contributed by atoms with Crippen LogP contribution in [0.5, 0.6) is 0 Å². The Morgan fingerprint density at radius 1 is 1.12 bits per heavy atom. The molecule has 0 saturated carbocycles. The van der Waals surface area contributed by atoms with Crippen LogP contribution >= 0.6 is 0 Å². The van der Waals surface area contributed by atoms with Crippen LogP contribution in [0.3, 0.4) is 0 Å². The molecule has 1 aromatic carbocycles. The van der Waals surface area contributed by atoms with Crippen molar-refractivity contribution >= 4 is 17.3 Å². The van der Waals surface area contributed by atoms with Crippen LogP contribution in [0, 0.1) is 12.1 Å². The molecule has 0 radical (unpaired) electrons. The number of anilines is 2. The first-order valence-corrected chi connectivity index (χ1v) is 8.07. The molecule has 2 heterocycles. The summed E-state index contributed by atoms with van der Waals surface area (Å²) in [5, 5.41) is 13.9. The highest BCUT2D eigenvalue weighted by atomic mass is 16.5. The molecule has 24 heavy (non-hydrogen) atoms. The SMILES string of the molecule is Cc1cc(N2CCN(C)CC2)ccc1NC(=O)c1cc[n+]([O-])cc1. The molecule has 1 amide bonds. The van der Waals surface area contributed by atoms with E-state index in [1.54, 1.807) is 0 Å². The molecule has 0 aliphatic carbocycles. The molecule has 1 saturated heterocycles. The van der Waals surface area contributed by atoms with Gasteiger partial charge in [-0.2, -0.15) is 4.73 Å². The number of nitrogens with one attached hydrogen (secondary N) is 1. The average Bonchev–Trinajstić information content (AvgIpc) is 2.58. The van der Waals surface area contributed by atoms with Crippen molar-refractivity contribution in [2.45, 2.75) is 6.92 Å². The number of benzene rings is 1. The first-order valence-electron chi connectivity index (χ1n) is 8.07. The van der Waals surface area contributed by atoms with Crippen LogP contribution in [0.1, 0.15) is 15.9 Å². The lowest BCUT2D eigenvalue weighted by atomic mass is 10.1. The highest BCUT2D eigenvalue weighted by Gasteiger charge is 2.15. The summed E-state index contributed by atoms with van der Waals surface area (Å²) in [5.74, 6) is -0.217. The quantitative estimate of drug-likeness (QED) is 0.688. The summed E-state index contributed by atoms with van der Waals surface area (Å²) in [6.07, 6.45) is 2.64. The van der Waals surface area contributed by atoms with Gasteiger partial charge in [0.2, 0.25) is 0 Å². The zero-order valence-electron chi connectivity index (χ0n) is 14.0. The summed E-state index contributed by atoms with van der Waals surface area (Å²) in [6, 6.07) is 9.12. The van der Waals surface area contributed by atoms with E-state index < -0.39 is 0 Å². The van der Waals surface area contributed by atoms with Crippen LogP contribution in [0.15, 0.2) is 42.7 Å². The Morgan fingerprint density at radius 3 is 2.42 bits per heavy atom. The number of hydrogen-bond acceptors (Lipinski definition) is 4. The second-order valence-electron chi connectivity index (χ2n) is 6.19. The zero-order chi connectivity index (χ0) is 17.1. The van der Waals surface area contributed by atoms with Crippen LogP contribution in [0.25, 0.3) is 0 Å². The maximum Gasteiger partial charge on any atom is 0.256 e. The smallest absolute Gasteiger partial charge is 0.256 e. The van der Waals surface area contributed by atoms with Crippen molar-refractivity contribution in [2.75, 3.05) is 43.4 Å². The Labute approximate surface area is 141 Å². The molecule has 1 aliphatic heterocycles. The van der Waals surface area contributed by atoms with Crippen molar-refractivity contribution in [1.29, 1.82) is 0 Å². The minimum absolute atomic E-state index is 0.217. The highest BCUT2D eigenvalue weighted by Crippen LogP contribution is 2.24. The summed E-state index contributed by atoms with van der Waals surface area (Å²) in [4.78, 5) is 16.9. The van der Waals surface area contributed by atoms with Crippen LogP contribution in [-0.4, -0.2) is 44.0 Å². The van der Waals surface area contributed by atoms with Gasteiger partial charge in [0.15, 0.2) is 12.4 Å². The summed E-state index contributed by atoms with van der Waals surface area (Å²) >= 11 is 0. The molecule has 1 aromatic heterocycles. The lowest BCUT2D eigenvalue weighted by Crippen LogP contribution is -2.44. The molecule has 0 bridgehead atoms. The van der Waals surface area contributed by atoms with Gasteiger partial charge in [0, 0.05) is 49.7 Å². The van der Waals surface area contributed by atoms with Crippen molar-refractivity contribution in [2.24, 2.45) is 0 Å².